The number of ether oxygens (including phenoxy) is 2. The molecule has 33 heavy (non-hydrogen) atoms. The van der Waals surface area contributed by atoms with Gasteiger partial charge in [-0.2, -0.15) is 0 Å². The number of hydrogen-bond acceptors (Lipinski definition) is 6. The van der Waals surface area contributed by atoms with Gasteiger partial charge in [0.05, 0.1) is 6.33 Å². The Bertz CT molecular complexity index is 1280. The summed E-state index contributed by atoms with van der Waals surface area (Å²) in [6, 6.07) is 3.89. The average molecular weight is 528 g/mol. The number of fused-ring (bicyclic) bond motifs is 2. The number of nitrogens with one attached hydrogen (secondary N) is 2. The molecule has 0 saturated heterocycles. The number of aryl methyl sites for hydroxylation is 1. The Hall–Kier alpha value is -2.00. The number of H-pyrrole nitrogens is 1. The number of hydrogen-bond donors (Lipinski definition) is 2. The highest BCUT2D eigenvalue weighted by Gasteiger charge is 2.50. The second-order valence-corrected chi connectivity index (χ2v) is 12.3. The van der Waals surface area contributed by atoms with E-state index in [2.05, 4.69) is 30.5 Å². The van der Waals surface area contributed by atoms with Crippen molar-refractivity contribution in [2.75, 3.05) is 6.79 Å². The summed E-state index contributed by atoms with van der Waals surface area (Å²) in [6.45, 7) is 1.16. The van der Waals surface area contributed by atoms with E-state index in [-0.39, 0.29) is 12.3 Å². The molecule has 0 atom stereocenters. The van der Waals surface area contributed by atoms with Crippen LogP contribution in [0.4, 0.5) is 0 Å². The van der Waals surface area contributed by atoms with E-state index in [0.29, 0.717) is 10.9 Å². The molecule has 0 amide bonds. The minimum atomic E-state index is 0.236. The first kappa shape index (κ1) is 20.4. The maximum Gasteiger partial charge on any atom is 0.231 e. The van der Waals surface area contributed by atoms with Crippen molar-refractivity contribution in [1.82, 2.24) is 19.5 Å². The van der Waals surface area contributed by atoms with Crippen molar-refractivity contribution in [2.45, 2.75) is 61.5 Å². The van der Waals surface area contributed by atoms with E-state index >= 15 is 0 Å². The zero-order chi connectivity index (χ0) is 22.2. The topological polar surface area (TPSA) is 88.8 Å². The smallest absolute Gasteiger partial charge is 0.231 e. The van der Waals surface area contributed by atoms with Crippen molar-refractivity contribution in [3.05, 3.63) is 28.4 Å². The molecule has 0 unspecified atom stereocenters. The van der Waals surface area contributed by atoms with Gasteiger partial charge in [0.1, 0.15) is 5.52 Å². The van der Waals surface area contributed by atoms with Gasteiger partial charge in [-0.3, -0.25) is 5.41 Å². The van der Waals surface area contributed by atoms with Gasteiger partial charge in [-0.15, -0.1) is 0 Å². The Morgan fingerprint density at radius 1 is 1.12 bits per heavy atom. The number of aromatic amines is 1. The summed E-state index contributed by atoms with van der Waals surface area (Å²) in [4.78, 5) is 13.6. The summed E-state index contributed by atoms with van der Waals surface area (Å²) in [5.74, 6) is 4.37. The molecular formula is C24H26BrN5O2S. The standard InChI is InChI=1S/C24H26BrN5O2S/c25-16-6-17-18(32-12-31-17)7-19(16)33-23-28-20-21(26)27-11-30(22(20)29-23)2-1-24-8-13-3-14(9-24)5-15(4-13)10-24/h6-7,11,13-15,26H,1-5,8-10,12H2,(H,28,29). The lowest BCUT2D eigenvalue weighted by Crippen LogP contribution is -2.46. The van der Waals surface area contributed by atoms with Gasteiger partial charge in [0.2, 0.25) is 6.79 Å². The lowest BCUT2D eigenvalue weighted by atomic mass is 9.49. The fourth-order valence-electron chi connectivity index (χ4n) is 7.21. The highest BCUT2D eigenvalue weighted by Crippen LogP contribution is 2.61. The van der Waals surface area contributed by atoms with Gasteiger partial charge >= 0.3 is 0 Å². The second-order valence-electron chi connectivity index (χ2n) is 10.4. The first-order valence-corrected chi connectivity index (χ1v) is 13.4. The molecule has 1 aromatic carbocycles. The van der Waals surface area contributed by atoms with Crippen molar-refractivity contribution in [1.29, 1.82) is 5.41 Å². The highest BCUT2D eigenvalue weighted by molar-refractivity contribution is 9.10. The Labute approximate surface area is 204 Å². The quantitative estimate of drug-likeness (QED) is 0.458. The van der Waals surface area contributed by atoms with Crippen LogP contribution in [0.25, 0.3) is 11.2 Å². The van der Waals surface area contributed by atoms with Crippen LogP contribution in [0, 0.1) is 28.6 Å². The molecule has 8 rings (SSSR count). The molecule has 3 heterocycles. The zero-order valence-corrected chi connectivity index (χ0v) is 20.7. The zero-order valence-electron chi connectivity index (χ0n) is 18.3. The summed E-state index contributed by atoms with van der Waals surface area (Å²) < 4.78 is 14.1. The van der Waals surface area contributed by atoms with Gasteiger partial charge < -0.3 is 19.0 Å². The molecule has 4 aliphatic carbocycles. The van der Waals surface area contributed by atoms with Crippen LogP contribution in [-0.2, 0) is 6.54 Å². The van der Waals surface area contributed by atoms with Crippen LogP contribution in [0.1, 0.15) is 44.9 Å². The third-order valence-corrected chi connectivity index (χ3v) is 10.0. The van der Waals surface area contributed by atoms with Crippen molar-refractivity contribution in [2.24, 2.45) is 23.2 Å². The Balaban J connectivity index is 1.16. The number of benzene rings is 1. The Kier molecular flexibility index (Phi) is 4.63. The van der Waals surface area contributed by atoms with Gasteiger partial charge in [0, 0.05) is 15.9 Å². The largest absolute Gasteiger partial charge is 0.454 e. The molecule has 5 aliphatic rings. The third kappa shape index (κ3) is 3.50. The molecule has 3 aromatic rings. The molecule has 0 radical (unpaired) electrons. The van der Waals surface area contributed by atoms with Crippen molar-refractivity contribution in [3.8, 4) is 11.5 Å². The van der Waals surface area contributed by atoms with E-state index in [0.717, 1.165) is 56.0 Å². The summed E-state index contributed by atoms with van der Waals surface area (Å²) in [5, 5.41) is 9.06. The SMILES string of the molecule is N=c1ncn(CCC23CC4CC(CC(C4)C2)C3)c2nc(Sc3cc4c(cc3Br)OCO4)[nH]c12. The summed E-state index contributed by atoms with van der Waals surface area (Å²) in [7, 11) is 0. The Morgan fingerprint density at radius 3 is 2.55 bits per heavy atom. The van der Waals surface area contributed by atoms with Gasteiger partial charge in [-0.25, -0.2) is 9.97 Å². The first-order chi connectivity index (χ1) is 16.0. The van der Waals surface area contributed by atoms with Gasteiger partial charge in [-0.05, 0) is 96.2 Å². The maximum atomic E-state index is 8.32. The second kappa shape index (κ2) is 7.50. The molecule has 2 N–H and O–H groups in total. The lowest BCUT2D eigenvalue weighted by Gasteiger charge is -2.57. The van der Waals surface area contributed by atoms with Crippen LogP contribution >= 0.6 is 27.7 Å². The molecular weight excluding hydrogens is 502 g/mol. The summed E-state index contributed by atoms with van der Waals surface area (Å²) in [6.07, 6.45) is 11.6. The van der Waals surface area contributed by atoms with Crippen LogP contribution in [0.5, 0.6) is 11.5 Å². The fraction of sp³-hybridized carbons (Fsp3) is 0.542. The minimum absolute atomic E-state index is 0.236. The lowest BCUT2D eigenvalue weighted by molar-refractivity contribution is -0.0591. The number of imidazole rings is 1. The first-order valence-electron chi connectivity index (χ1n) is 11.8. The number of aromatic nitrogens is 4. The van der Waals surface area contributed by atoms with Gasteiger partial charge in [0.15, 0.2) is 27.8 Å². The van der Waals surface area contributed by atoms with E-state index in [1.165, 1.54) is 56.7 Å². The van der Waals surface area contributed by atoms with E-state index in [1.54, 1.807) is 6.33 Å². The molecule has 0 spiro atoms. The molecule has 2 aromatic heterocycles. The van der Waals surface area contributed by atoms with Crippen molar-refractivity contribution >= 4 is 38.9 Å². The minimum Gasteiger partial charge on any atom is -0.454 e. The van der Waals surface area contributed by atoms with Crippen LogP contribution in [0.2, 0.25) is 0 Å². The highest BCUT2D eigenvalue weighted by atomic mass is 79.9. The van der Waals surface area contributed by atoms with Crippen molar-refractivity contribution in [3.63, 3.8) is 0 Å². The molecule has 7 nitrogen and oxygen atoms in total. The number of rotatable bonds is 5. The van der Waals surface area contributed by atoms with Crippen molar-refractivity contribution < 1.29 is 9.47 Å². The average Bonchev–Trinajstić information content (AvgIpc) is 3.40. The van der Waals surface area contributed by atoms with E-state index in [9.17, 15) is 0 Å². The van der Waals surface area contributed by atoms with E-state index < -0.39 is 0 Å². The maximum absolute atomic E-state index is 8.32. The molecule has 4 bridgehead atoms. The van der Waals surface area contributed by atoms with Crippen LogP contribution in [0.3, 0.4) is 0 Å². The van der Waals surface area contributed by atoms with Crippen LogP contribution in [0.15, 0.2) is 33.0 Å². The van der Waals surface area contributed by atoms with Crippen LogP contribution in [-0.4, -0.2) is 26.3 Å². The number of halogens is 1. The molecule has 4 fully saturated rings. The molecule has 9 heteroatoms. The van der Waals surface area contributed by atoms with Gasteiger partial charge in [-0.1, -0.05) is 11.8 Å². The van der Waals surface area contributed by atoms with E-state index in [1.807, 2.05) is 12.1 Å². The summed E-state index contributed by atoms with van der Waals surface area (Å²) in [5.41, 5.74) is 2.26. The molecule has 172 valence electrons. The normalized spacial score (nSPS) is 29.3. The Morgan fingerprint density at radius 2 is 1.82 bits per heavy atom. The predicted molar refractivity (Wildman–Crippen MR) is 127 cm³/mol. The molecule has 1 aliphatic heterocycles. The predicted octanol–water partition coefficient (Wildman–Crippen LogP) is 5.49. The van der Waals surface area contributed by atoms with E-state index in [4.69, 9.17) is 19.9 Å². The van der Waals surface area contributed by atoms with Gasteiger partial charge in [0.25, 0.3) is 0 Å². The monoisotopic (exact) mass is 527 g/mol. The number of nitrogens with zero attached hydrogens (tertiary/aromatic N) is 3. The third-order valence-electron chi connectivity index (χ3n) is 8.18. The van der Waals surface area contributed by atoms with Crippen LogP contribution < -0.4 is 15.0 Å². The fourth-order valence-corrected chi connectivity index (χ4v) is 8.59. The summed E-state index contributed by atoms with van der Waals surface area (Å²) >= 11 is 5.14. The molecule has 4 saturated carbocycles.